The van der Waals surface area contributed by atoms with Crippen molar-refractivity contribution in [3.05, 3.63) is 66.8 Å². The molecule has 0 aliphatic carbocycles. The van der Waals surface area contributed by atoms with Gasteiger partial charge in [0.2, 0.25) is 0 Å². The van der Waals surface area contributed by atoms with Crippen LogP contribution in [0.3, 0.4) is 0 Å². The van der Waals surface area contributed by atoms with E-state index in [2.05, 4.69) is 22.6 Å². The molecular weight excluding hydrogens is 480 g/mol. The van der Waals surface area contributed by atoms with Crippen LogP contribution in [0.1, 0.15) is 11.1 Å². The summed E-state index contributed by atoms with van der Waals surface area (Å²) < 4.78 is 14.0. The summed E-state index contributed by atoms with van der Waals surface area (Å²) in [6, 6.07) is 8.76. The molecule has 4 nitrogen and oxygen atoms in total. The molecule has 1 aliphatic heterocycles. The number of carbonyl (C=O) groups is 2. The molecule has 3 rings (SSSR count). The monoisotopic (exact) mass is 489 g/mol. The molecule has 0 saturated carbocycles. The molecule has 1 aliphatic rings. The van der Waals surface area contributed by atoms with Crippen LogP contribution in [0, 0.1) is 9.39 Å². The standard InChI is InChI=1S/C17H10ClFINO3S/c18-13-7-11(19)2-1-9(13)8-21-16(23)15(25-17(21)24)6-10-5-12(20)3-4-14(10)22/h1-7,22H,8H2/b15-6-. The fourth-order valence-electron chi connectivity index (χ4n) is 2.24. The highest BCUT2D eigenvalue weighted by atomic mass is 127. The Labute approximate surface area is 165 Å². The van der Waals surface area contributed by atoms with Crippen molar-refractivity contribution in [2.45, 2.75) is 6.54 Å². The summed E-state index contributed by atoms with van der Waals surface area (Å²) in [4.78, 5) is 25.9. The Bertz CT molecular complexity index is 919. The Kier molecular flexibility index (Phi) is 5.35. The van der Waals surface area contributed by atoms with E-state index in [4.69, 9.17) is 11.6 Å². The zero-order valence-corrected chi connectivity index (χ0v) is 16.2. The van der Waals surface area contributed by atoms with Crippen LogP contribution in [0.15, 0.2) is 41.3 Å². The highest BCUT2D eigenvalue weighted by Gasteiger charge is 2.35. The molecule has 25 heavy (non-hydrogen) atoms. The minimum Gasteiger partial charge on any atom is -0.507 e. The maximum atomic E-state index is 13.1. The zero-order chi connectivity index (χ0) is 18.1. The van der Waals surface area contributed by atoms with Crippen LogP contribution in [-0.2, 0) is 11.3 Å². The van der Waals surface area contributed by atoms with Crippen LogP contribution >= 0.6 is 46.0 Å². The van der Waals surface area contributed by atoms with E-state index in [0.29, 0.717) is 11.1 Å². The lowest BCUT2D eigenvalue weighted by Crippen LogP contribution is -2.27. The minimum atomic E-state index is -0.489. The first-order valence-electron chi connectivity index (χ1n) is 7.03. The van der Waals surface area contributed by atoms with E-state index in [1.54, 1.807) is 12.1 Å². The van der Waals surface area contributed by atoms with Crippen molar-refractivity contribution in [2.24, 2.45) is 0 Å². The number of hydrogen-bond donors (Lipinski definition) is 1. The summed E-state index contributed by atoms with van der Waals surface area (Å²) in [7, 11) is 0. The number of halogens is 3. The second-order valence-corrected chi connectivity index (χ2v) is 7.85. The Balaban J connectivity index is 1.87. The third-order valence-electron chi connectivity index (χ3n) is 3.49. The smallest absolute Gasteiger partial charge is 0.293 e. The fraction of sp³-hybridized carbons (Fsp3) is 0.0588. The topological polar surface area (TPSA) is 57.6 Å². The van der Waals surface area contributed by atoms with E-state index in [0.717, 1.165) is 26.3 Å². The number of phenols is 1. The normalized spacial score (nSPS) is 16.1. The highest BCUT2D eigenvalue weighted by molar-refractivity contribution is 14.1. The van der Waals surface area contributed by atoms with Gasteiger partial charge in [0.05, 0.1) is 11.4 Å². The lowest BCUT2D eigenvalue weighted by Gasteiger charge is -2.13. The van der Waals surface area contributed by atoms with Gasteiger partial charge in [0, 0.05) is 14.2 Å². The Morgan fingerprint density at radius 1 is 1.24 bits per heavy atom. The Morgan fingerprint density at radius 3 is 2.72 bits per heavy atom. The zero-order valence-electron chi connectivity index (χ0n) is 12.5. The molecule has 1 saturated heterocycles. The van der Waals surface area contributed by atoms with Gasteiger partial charge in [-0.3, -0.25) is 14.5 Å². The van der Waals surface area contributed by atoms with Crippen molar-refractivity contribution in [1.82, 2.24) is 4.90 Å². The average molecular weight is 490 g/mol. The van der Waals surface area contributed by atoms with Crippen LogP contribution in [-0.4, -0.2) is 21.2 Å². The van der Waals surface area contributed by atoms with E-state index in [1.165, 1.54) is 24.3 Å². The van der Waals surface area contributed by atoms with Gasteiger partial charge >= 0.3 is 0 Å². The number of phenolic OH excluding ortho intramolecular Hbond substituents is 1. The molecule has 0 atom stereocenters. The summed E-state index contributed by atoms with van der Waals surface area (Å²) in [6.45, 7) is -0.0422. The number of hydrogen-bond acceptors (Lipinski definition) is 4. The molecule has 0 radical (unpaired) electrons. The molecule has 1 N–H and O–H groups in total. The van der Waals surface area contributed by atoms with Gasteiger partial charge in [0.1, 0.15) is 11.6 Å². The Morgan fingerprint density at radius 2 is 2.00 bits per heavy atom. The summed E-state index contributed by atoms with van der Waals surface area (Å²) in [5.41, 5.74) is 0.931. The number of rotatable bonds is 3. The highest BCUT2D eigenvalue weighted by Crippen LogP contribution is 2.35. The maximum absolute atomic E-state index is 13.1. The summed E-state index contributed by atoms with van der Waals surface area (Å²) in [6.07, 6.45) is 1.48. The number of imide groups is 1. The second-order valence-electron chi connectivity index (χ2n) is 5.21. The molecule has 1 fully saturated rings. The first-order valence-corrected chi connectivity index (χ1v) is 9.30. The van der Waals surface area contributed by atoms with E-state index >= 15 is 0 Å². The molecule has 2 aromatic carbocycles. The van der Waals surface area contributed by atoms with E-state index in [-0.39, 0.29) is 22.2 Å². The van der Waals surface area contributed by atoms with Crippen LogP contribution < -0.4 is 0 Å². The van der Waals surface area contributed by atoms with Crippen molar-refractivity contribution in [1.29, 1.82) is 0 Å². The predicted molar refractivity (Wildman–Crippen MR) is 104 cm³/mol. The number of thioether (sulfide) groups is 1. The number of amides is 2. The van der Waals surface area contributed by atoms with Gasteiger partial charge in [-0.1, -0.05) is 17.7 Å². The molecule has 2 aromatic rings. The molecule has 0 bridgehead atoms. The average Bonchev–Trinajstić information content (AvgIpc) is 2.81. The molecule has 8 heteroatoms. The molecule has 1 heterocycles. The second kappa shape index (κ2) is 7.35. The SMILES string of the molecule is O=C1S/C(=C\c2cc(I)ccc2O)C(=O)N1Cc1ccc(F)cc1Cl. The van der Waals surface area contributed by atoms with Gasteiger partial charge in [0.15, 0.2) is 0 Å². The molecule has 0 aromatic heterocycles. The van der Waals surface area contributed by atoms with Gasteiger partial charge < -0.3 is 5.11 Å². The number of carbonyl (C=O) groups excluding carboxylic acids is 2. The lowest BCUT2D eigenvalue weighted by atomic mass is 10.1. The minimum absolute atomic E-state index is 0.0220. The van der Waals surface area contributed by atoms with E-state index in [9.17, 15) is 19.1 Å². The molecule has 128 valence electrons. The first-order chi connectivity index (χ1) is 11.8. The molecule has 2 amide bonds. The van der Waals surface area contributed by atoms with Crippen LogP contribution in [0.5, 0.6) is 5.75 Å². The van der Waals surface area contributed by atoms with Gasteiger partial charge in [-0.15, -0.1) is 0 Å². The predicted octanol–water partition coefficient (Wildman–Crippen LogP) is 5.03. The largest absolute Gasteiger partial charge is 0.507 e. The molecule has 0 unspecified atom stereocenters. The van der Waals surface area contributed by atoms with Crippen molar-refractivity contribution in [2.75, 3.05) is 0 Å². The van der Waals surface area contributed by atoms with E-state index in [1.807, 2.05) is 0 Å². The number of aromatic hydroxyl groups is 1. The third kappa shape index (κ3) is 3.99. The van der Waals surface area contributed by atoms with Gasteiger partial charge in [-0.05, 0) is 76.3 Å². The summed E-state index contributed by atoms with van der Waals surface area (Å²) in [5.74, 6) is -0.945. The Hall–Kier alpha value is -1.58. The van der Waals surface area contributed by atoms with Crippen LogP contribution in [0.25, 0.3) is 6.08 Å². The number of nitrogens with zero attached hydrogens (tertiary/aromatic N) is 1. The summed E-state index contributed by atoms with van der Waals surface area (Å²) >= 11 is 8.84. The quantitative estimate of drug-likeness (QED) is 0.486. The lowest BCUT2D eigenvalue weighted by molar-refractivity contribution is -0.123. The van der Waals surface area contributed by atoms with Crippen molar-refractivity contribution >= 4 is 63.2 Å². The van der Waals surface area contributed by atoms with Gasteiger partial charge in [-0.2, -0.15) is 0 Å². The van der Waals surface area contributed by atoms with Crippen molar-refractivity contribution in [3.63, 3.8) is 0 Å². The third-order valence-corrected chi connectivity index (χ3v) is 5.42. The molecule has 0 spiro atoms. The first kappa shape index (κ1) is 18.2. The maximum Gasteiger partial charge on any atom is 0.293 e. The summed E-state index contributed by atoms with van der Waals surface area (Å²) in [5, 5.41) is 9.60. The number of benzene rings is 2. The molecular formula is C17H10ClFINO3S. The van der Waals surface area contributed by atoms with E-state index < -0.39 is 17.0 Å². The van der Waals surface area contributed by atoms with Crippen molar-refractivity contribution in [3.8, 4) is 5.75 Å². The fourth-order valence-corrected chi connectivity index (χ4v) is 3.81. The van der Waals surface area contributed by atoms with Crippen LogP contribution in [0.4, 0.5) is 9.18 Å². The van der Waals surface area contributed by atoms with Gasteiger partial charge in [-0.25, -0.2) is 4.39 Å². The van der Waals surface area contributed by atoms with Crippen molar-refractivity contribution < 1.29 is 19.1 Å². The van der Waals surface area contributed by atoms with Crippen LogP contribution in [0.2, 0.25) is 5.02 Å². The van der Waals surface area contributed by atoms with Gasteiger partial charge in [0.25, 0.3) is 11.1 Å².